The number of hydrogen-bond donors (Lipinski definition) is 2. The molecule has 0 spiro atoms. The molecule has 3 aromatic rings. The van der Waals surface area contributed by atoms with Crippen molar-refractivity contribution in [2.24, 2.45) is 5.92 Å². The second kappa shape index (κ2) is 11.0. The molecule has 2 aromatic heterocycles. The molecule has 0 aliphatic carbocycles. The number of hydrogen-bond acceptors (Lipinski definition) is 5. The number of carbonyl (C=O) groups is 1. The monoisotopic (exact) mass is 452 g/mol. The van der Waals surface area contributed by atoms with Gasteiger partial charge >= 0.3 is 0 Å². The average molecular weight is 453 g/mol. The highest BCUT2D eigenvalue weighted by Gasteiger charge is 2.13. The van der Waals surface area contributed by atoms with E-state index in [2.05, 4.69) is 15.6 Å². The van der Waals surface area contributed by atoms with Crippen LogP contribution in [0.25, 0.3) is 10.9 Å². The zero-order valence-corrected chi connectivity index (χ0v) is 19.7. The Bertz CT molecular complexity index is 1130. The summed E-state index contributed by atoms with van der Waals surface area (Å²) < 4.78 is 6.18. The van der Waals surface area contributed by atoms with Gasteiger partial charge in [-0.25, -0.2) is 4.98 Å². The van der Waals surface area contributed by atoms with Gasteiger partial charge in [-0.05, 0) is 43.7 Å². The van der Waals surface area contributed by atoms with E-state index in [1.165, 1.54) is 0 Å². The number of carbonyl (C=O) groups excluding carboxylic acids is 1. The highest BCUT2D eigenvalue weighted by atomic mass is 35.5. The predicted molar refractivity (Wildman–Crippen MR) is 130 cm³/mol. The van der Waals surface area contributed by atoms with Crippen LogP contribution in [0.1, 0.15) is 44.0 Å². The fourth-order valence-electron chi connectivity index (χ4n) is 3.36. The van der Waals surface area contributed by atoms with E-state index in [1.54, 1.807) is 12.4 Å². The van der Waals surface area contributed by atoms with Crippen molar-refractivity contribution >= 4 is 34.1 Å². The van der Waals surface area contributed by atoms with Gasteiger partial charge in [0.05, 0.1) is 5.02 Å². The summed E-state index contributed by atoms with van der Waals surface area (Å²) in [4.78, 5) is 20.9. The SMILES string of the molecule is C/C=C\Nc1cc(C)nc2c(OCc3c(Cl)cncc3CNC(=O)CC(C)C)cccc12. The third kappa shape index (κ3) is 5.98. The van der Waals surface area contributed by atoms with Crippen molar-refractivity contribution < 1.29 is 9.53 Å². The molecule has 1 amide bonds. The number of halogens is 1. The van der Waals surface area contributed by atoms with Gasteiger partial charge in [0.15, 0.2) is 0 Å². The van der Waals surface area contributed by atoms with Gasteiger partial charge in [0, 0.05) is 47.7 Å². The van der Waals surface area contributed by atoms with Crippen LogP contribution in [-0.2, 0) is 17.9 Å². The molecule has 0 aliphatic heterocycles. The number of rotatable bonds is 9. The summed E-state index contributed by atoms with van der Waals surface area (Å²) in [7, 11) is 0. The van der Waals surface area contributed by atoms with Crippen molar-refractivity contribution in [3.63, 3.8) is 0 Å². The first-order valence-electron chi connectivity index (χ1n) is 10.7. The van der Waals surface area contributed by atoms with Crippen LogP contribution in [0, 0.1) is 12.8 Å². The number of amides is 1. The molecule has 7 heteroatoms. The van der Waals surface area contributed by atoms with E-state index >= 15 is 0 Å². The number of aromatic nitrogens is 2. The maximum atomic E-state index is 12.1. The minimum Gasteiger partial charge on any atom is -0.487 e. The van der Waals surface area contributed by atoms with E-state index in [1.807, 2.05) is 64.2 Å². The van der Waals surface area contributed by atoms with Gasteiger partial charge in [-0.15, -0.1) is 0 Å². The number of aryl methyl sites for hydroxylation is 1. The molecule has 0 fully saturated rings. The zero-order valence-electron chi connectivity index (χ0n) is 18.9. The van der Waals surface area contributed by atoms with Gasteiger partial charge in [-0.3, -0.25) is 9.78 Å². The molecule has 0 aliphatic rings. The van der Waals surface area contributed by atoms with Crippen LogP contribution >= 0.6 is 11.6 Å². The number of anilines is 1. The minimum atomic E-state index is 0.00160. The van der Waals surface area contributed by atoms with E-state index in [9.17, 15) is 4.79 Å². The quantitative estimate of drug-likeness (QED) is 0.430. The molecule has 168 valence electrons. The number of nitrogens with one attached hydrogen (secondary N) is 2. The van der Waals surface area contributed by atoms with E-state index in [-0.39, 0.29) is 12.5 Å². The lowest BCUT2D eigenvalue weighted by Crippen LogP contribution is -2.24. The maximum Gasteiger partial charge on any atom is 0.220 e. The van der Waals surface area contributed by atoms with Crippen LogP contribution in [0.5, 0.6) is 5.75 Å². The van der Waals surface area contributed by atoms with Crippen molar-refractivity contribution in [2.45, 2.75) is 47.3 Å². The van der Waals surface area contributed by atoms with E-state index < -0.39 is 0 Å². The van der Waals surface area contributed by atoms with E-state index in [4.69, 9.17) is 21.3 Å². The largest absolute Gasteiger partial charge is 0.487 e. The topological polar surface area (TPSA) is 76.1 Å². The molecule has 0 unspecified atom stereocenters. The molecule has 0 bridgehead atoms. The van der Waals surface area contributed by atoms with Crippen LogP contribution in [0.3, 0.4) is 0 Å². The molecule has 2 heterocycles. The molecule has 2 N–H and O–H groups in total. The van der Waals surface area contributed by atoms with Crippen molar-refractivity contribution in [3.05, 3.63) is 70.8 Å². The third-order valence-electron chi connectivity index (χ3n) is 4.87. The van der Waals surface area contributed by atoms with Crippen LogP contribution in [0.4, 0.5) is 5.69 Å². The van der Waals surface area contributed by atoms with E-state index in [0.717, 1.165) is 33.4 Å². The fraction of sp³-hybridized carbons (Fsp3) is 0.320. The Balaban J connectivity index is 1.84. The van der Waals surface area contributed by atoms with Crippen LogP contribution in [0.15, 0.2) is 48.9 Å². The summed E-state index contributed by atoms with van der Waals surface area (Å²) in [6, 6.07) is 7.85. The third-order valence-corrected chi connectivity index (χ3v) is 5.20. The summed E-state index contributed by atoms with van der Waals surface area (Å²) in [5, 5.41) is 7.70. The second-order valence-electron chi connectivity index (χ2n) is 8.03. The number of fused-ring (bicyclic) bond motifs is 1. The van der Waals surface area contributed by atoms with Crippen LogP contribution in [-0.4, -0.2) is 15.9 Å². The summed E-state index contributed by atoms with van der Waals surface area (Å²) in [6.07, 6.45) is 7.60. The Kier molecular flexibility index (Phi) is 8.06. The highest BCUT2D eigenvalue weighted by molar-refractivity contribution is 6.31. The number of pyridine rings is 2. The Morgan fingerprint density at radius 3 is 2.84 bits per heavy atom. The maximum absolute atomic E-state index is 12.1. The number of nitrogens with zero attached hydrogens (tertiary/aromatic N) is 2. The number of allylic oxidation sites excluding steroid dienone is 1. The van der Waals surface area contributed by atoms with E-state index in [0.29, 0.717) is 29.7 Å². The Morgan fingerprint density at radius 1 is 1.28 bits per heavy atom. The normalized spacial score (nSPS) is 11.3. The molecule has 3 rings (SSSR count). The number of benzene rings is 1. The van der Waals surface area contributed by atoms with Crippen molar-refractivity contribution in [1.82, 2.24) is 15.3 Å². The van der Waals surface area contributed by atoms with Crippen molar-refractivity contribution in [3.8, 4) is 5.75 Å². The first-order valence-corrected chi connectivity index (χ1v) is 11.1. The highest BCUT2D eigenvalue weighted by Crippen LogP contribution is 2.31. The molecular weight excluding hydrogens is 424 g/mol. The van der Waals surface area contributed by atoms with Crippen molar-refractivity contribution in [2.75, 3.05) is 5.32 Å². The standard InChI is InChI=1S/C25H29ClN4O2/c1-5-9-28-22-11-17(4)30-25-19(22)7-6-8-23(25)32-15-20-18(12-27-14-21(20)26)13-29-24(31)10-16(2)3/h5-9,11-12,14,16H,10,13,15H2,1-4H3,(H,28,30)(H,29,31)/b9-5-. The number of ether oxygens (including phenoxy) is 1. The molecule has 32 heavy (non-hydrogen) atoms. The van der Waals surface area contributed by atoms with Gasteiger partial charge in [-0.1, -0.05) is 43.7 Å². The lowest BCUT2D eigenvalue weighted by atomic mass is 10.1. The summed E-state index contributed by atoms with van der Waals surface area (Å²) in [5.74, 6) is 0.962. The molecule has 6 nitrogen and oxygen atoms in total. The predicted octanol–water partition coefficient (Wildman–Crippen LogP) is 5.78. The molecule has 0 saturated carbocycles. The molecular formula is C25H29ClN4O2. The van der Waals surface area contributed by atoms with Crippen LogP contribution in [0.2, 0.25) is 5.02 Å². The smallest absolute Gasteiger partial charge is 0.220 e. The van der Waals surface area contributed by atoms with Crippen LogP contribution < -0.4 is 15.4 Å². The molecule has 0 saturated heterocycles. The van der Waals surface area contributed by atoms with Crippen molar-refractivity contribution in [1.29, 1.82) is 0 Å². The first-order chi connectivity index (χ1) is 15.4. The summed E-state index contributed by atoms with van der Waals surface area (Å²) in [5.41, 5.74) is 4.25. The lowest BCUT2D eigenvalue weighted by Gasteiger charge is -2.15. The molecule has 0 radical (unpaired) electrons. The Morgan fingerprint density at radius 2 is 2.09 bits per heavy atom. The average Bonchev–Trinajstić information content (AvgIpc) is 2.75. The minimum absolute atomic E-state index is 0.00160. The Labute approximate surface area is 194 Å². The lowest BCUT2D eigenvalue weighted by molar-refractivity contribution is -0.121. The fourth-order valence-corrected chi connectivity index (χ4v) is 3.59. The second-order valence-corrected chi connectivity index (χ2v) is 8.44. The van der Waals surface area contributed by atoms with Gasteiger partial charge < -0.3 is 15.4 Å². The van der Waals surface area contributed by atoms with Gasteiger partial charge in [0.2, 0.25) is 5.91 Å². The zero-order chi connectivity index (χ0) is 23.1. The van der Waals surface area contributed by atoms with Gasteiger partial charge in [0.25, 0.3) is 0 Å². The molecule has 1 aromatic carbocycles. The summed E-state index contributed by atoms with van der Waals surface area (Å²) >= 11 is 6.43. The molecule has 0 atom stereocenters. The first kappa shape index (κ1) is 23.5. The van der Waals surface area contributed by atoms with Gasteiger partial charge in [-0.2, -0.15) is 0 Å². The Hall–Kier alpha value is -3.12. The summed E-state index contributed by atoms with van der Waals surface area (Å²) in [6.45, 7) is 8.53. The van der Waals surface area contributed by atoms with Gasteiger partial charge in [0.1, 0.15) is 17.9 Å². The number of para-hydroxylation sites is 1.